The van der Waals surface area contributed by atoms with E-state index < -0.39 is 5.97 Å². The van der Waals surface area contributed by atoms with Crippen molar-refractivity contribution in [2.24, 2.45) is 4.99 Å². The zero-order chi connectivity index (χ0) is 15.8. The van der Waals surface area contributed by atoms with Gasteiger partial charge in [0, 0.05) is 0 Å². The third-order valence-electron chi connectivity index (χ3n) is 2.75. The molecular weight excluding hydrogens is 282 g/mol. The average molecular weight is 297 g/mol. The van der Waals surface area contributed by atoms with Gasteiger partial charge >= 0.3 is 11.9 Å². The number of benzene rings is 2. The first kappa shape index (κ1) is 15.4. The summed E-state index contributed by atoms with van der Waals surface area (Å²) in [7, 11) is 0. The van der Waals surface area contributed by atoms with Crippen molar-refractivity contribution in [1.29, 1.82) is 0 Å². The molecule has 112 valence electrons. The molecule has 2 aromatic rings. The Hall–Kier alpha value is -2.95. The molecule has 0 heterocycles. The van der Waals surface area contributed by atoms with Crippen molar-refractivity contribution >= 4 is 24.0 Å². The van der Waals surface area contributed by atoms with Crippen LogP contribution in [0.1, 0.15) is 27.6 Å². The van der Waals surface area contributed by atoms with Crippen LogP contribution in [0.2, 0.25) is 0 Å². The molecule has 5 heteroatoms. The van der Waals surface area contributed by atoms with E-state index in [0.717, 1.165) is 6.40 Å². The number of esters is 2. The Labute approximate surface area is 128 Å². The normalized spacial score (nSPS) is 10.4. The summed E-state index contributed by atoms with van der Waals surface area (Å²) in [6.45, 7) is 2.08. The lowest BCUT2D eigenvalue weighted by atomic mass is 10.2. The van der Waals surface area contributed by atoms with Crippen molar-refractivity contribution in [2.75, 3.05) is 6.61 Å². The van der Waals surface area contributed by atoms with Crippen molar-refractivity contribution in [1.82, 2.24) is 0 Å². The molecule has 0 amide bonds. The number of ether oxygens (including phenoxy) is 2. The van der Waals surface area contributed by atoms with Crippen LogP contribution < -0.4 is 0 Å². The largest absolute Gasteiger partial charge is 0.462 e. The molecule has 22 heavy (non-hydrogen) atoms. The molecule has 0 aromatic heterocycles. The van der Waals surface area contributed by atoms with Crippen LogP contribution in [0.5, 0.6) is 0 Å². The third-order valence-corrected chi connectivity index (χ3v) is 2.75. The van der Waals surface area contributed by atoms with Gasteiger partial charge in [-0.3, -0.25) is 0 Å². The Morgan fingerprint density at radius 3 is 2.23 bits per heavy atom. The highest BCUT2D eigenvalue weighted by molar-refractivity contribution is 5.93. The van der Waals surface area contributed by atoms with Crippen LogP contribution in [-0.4, -0.2) is 24.9 Å². The maximum Gasteiger partial charge on any atom is 0.344 e. The summed E-state index contributed by atoms with van der Waals surface area (Å²) in [6.07, 6.45) is 1.08. The molecule has 0 atom stereocenters. The van der Waals surface area contributed by atoms with Gasteiger partial charge in [0.15, 0.2) is 6.40 Å². The summed E-state index contributed by atoms with van der Waals surface area (Å²) < 4.78 is 9.81. The highest BCUT2D eigenvalue weighted by atomic mass is 16.5. The summed E-state index contributed by atoms with van der Waals surface area (Å²) >= 11 is 0. The van der Waals surface area contributed by atoms with E-state index in [0.29, 0.717) is 23.4 Å². The molecule has 2 aromatic carbocycles. The van der Waals surface area contributed by atoms with Crippen molar-refractivity contribution in [3.05, 3.63) is 65.7 Å². The number of carbonyl (C=O) groups is 2. The molecule has 5 nitrogen and oxygen atoms in total. The SMILES string of the molecule is CCOC(=O)c1ccc(N=COC(=O)c2ccccc2)cc1. The predicted octanol–water partition coefficient (Wildman–Crippen LogP) is 3.38. The summed E-state index contributed by atoms with van der Waals surface area (Å²) in [5, 5.41) is 0. The van der Waals surface area contributed by atoms with Crippen LogP contribution >= 0.6 is 0 Å². The first-order chi connectivity index (χ1) is 10.7. The van der Waals surface area contributed by atoms with Crippen LogP contribution in [0.4, 0.5) is 5.69 Å². The fourth-order valence-corrected chi connectivity index (χ4v) is 1.68. The minimum absolute atomic E-state index is 0.328. The Balaban J connectivity index is 1.93. The van der Waals surface area contributed by atoms with E-state index >= 15 is 0 Å². The second kappa shape index (κ2) is 7.73. The van der Waals surface area contributed by atoms with E-state index in [-0.39, 0.29) is 5.97 Å². The highest BCUT2D eigenvalue weighted by Gasteiger charge is 2.06. The Morgan fingerprint density at radius 1 is 0.955 bits per heavy atom. The fraction of sp³-hybridized carbons (Fsp3) is 0.118. The number of carbonyl (C=O) groups excluding carboxylic acids is 2. The quantitative estimate of drug-likeness (QED) is 0.482. The maximum absolute atomic E-state index is 11.7. The van der Waals surface area contributed by atoms with Crippen LogP contribution in [0.25, 0.3) is 0 Å². The van der Waals surface area contributed by atoms with Crippen LogP contribution in [0.15, 0.2) is 59.6 Å². The molecule has 0 radical (unpaired) electrons. The number of aliphatic imine (C=N–C) groups is 1. The minimum Gasteiger partial charge on any atom is -0.462 e. The van der Waals surface area contributed by atoms with Crippen molar-refractivity contribution in [2.45, 2.75) is 6.92 Å². The lowest BCUT2D eigenvalue weighted by molar-refractivity contribution is 0.0526. The molecular formula is C17H15NO4. The zero-order valence-electron chi connectivity index (χ0n) is 12.1. The standard InChI is InChI=1S/C17H15NO4/c1-2-21-16(19)14-8-10-15(11-9-14)18-12-22-17(20)13-6-4-3-5-7-13/h3-12H,2H2,1H3. The predicted molar refractivity (Wildman–Crippen MR) is 82.4 cm³/mol. The van der Waals surface area contributed by atoms with Crippen molar-refractivity contribution < 1.29 is 19.1 Å². The molecule has 0 aliphatic carbocycles. The van der Waals surface area contributed by atoms with Gasteiger partial charge in [-0.2, -0.15) is 0 Å². The second-order valence-corrected chi connectivity index (χ2v) is 4.27. The number of hydrogen-bond acceptors (Lipinski definition) is 5. The molecule has 0 bridgehead atoms. The van der Waals surface area contributed by atoms with Gasteiger partial charge in [0.25, 0.3) is 0 Å². The van der Waals surface area contributed by atoms with E-state index in [4.69, 9.17) is 9.47 Å². The lowest BCUT2D eigenvalue weighted by Gasteiger charge is -2.01. The summed E-state index contributed by atoms with van der Waals surface area (Å²) in [6, 6.07) is 15.1. The van der Waals surface area contributed by atoms with Crippen LogP contribution in [0, 0.1) is 0 Å². The highest BCUT2D eigenvalue weighted by Crippen LogP contribution is 2.13. The van der Waals surface area contributed by atoms with Gasteiger partial charge in [-0.05, 0) is 43.3 Å². The van der Waals surface area contributed by atoms with Gasteiger partial charge in [0.2, 0.25) is 0 Å². The Kier molecular flexibility index (Phi) is 5.43. The van der Waals surface area contributed by atoms with E-state index in [2.05, 4.69) is 4.99 Å². The molecule has 0 aliphatic rings. The summed E-state index contributed by atoms with van der Waals surface area (Å²) in [5.41, 5.74) is 1.46. The number of hydrogen-bond donors (Lipinski definition) is 0. The third kappa shape index (κ3) is 4.28. The van der Waals surface area contributed by atoms with Gasteiger partial charge in [0.1, 0.15) is 0 Å². The van der Waals surface area contributed by atoms with Crippen LogP contribution in [-0.2, 0) is 9.47 Å². The topological polar surface area (TPSA) is 65.0 Å². The molecule has 0 N–H and O–H groups in total. The van der Waals surface area contributed by atoms with E-state index in [1.165, 1.54) is 0 Å². The van der Waals surface area contributed by atoms with Gasteiger partial charge < -0.3 is 9.47 Å². The minimum atomic E-state index is -0.479. The molecule has 0 unspecified atom stereocenters. The first-order valence-corrected chi connectivity index (χ1v) is 6.76. The van der Waals surface area contributed by atoms with E-state index in [1.807, 2.05) is 6.07 Å². The Morgan fingerprint density at radius 2 is 1.59 bits per heavy atom. The van der Waals surface area contributed by atoms with Crippen molar-refractivity contribution in [3.63, 3.8) is 0 Å². The average Bonchev–Trinajstić information content (AvgIpc) is 2.56. The number of nitrogens with zero attached hydrogens (tertiary/aromatic N) is 1. The van der Waals surface area contributed by atoms with Gasteiger partial charge in [-0.1, -0.05) is 18.2 Å². The second-order valence-electron chi connectivity index (χ2n) is 4.27. The summed E-state index contributed by atoms with van der Waals surface area (Å²) in [4.78, 5) is 27.2. The molecule has 0 spiro atoms. The monoisotopic (exact) mass is 297 g/mol. The first-order valence-electron chi connectivity index (χ1n) is 6.76. The van der Waals surface area contributed by atoms with E-state index in [1.54, 1.807) is 55.5 Å². The Bertz CT molecular complexity index is 663. The molecule has 0 saturated carbocycles. The van der Waals surface area contributed by atoms with Gasteiger partial charge in [-0.25, -0.2) is 14.6 Å². The van der Waals surface area contributed by atoms with Crippen molar-refractivity contribution in [3.8, 4) is 0 Å². The van der Waals surface area contributed by atoms with Crippen LogP contribution in [0.3, 0.4) is 0 Å². The molecule has 0 aliphatic heterocycles. The smallest absolute Gasteiger partial charge is 0.344 e. The van der Waals surface area contributed by atoms with E-state index in [9.17, 15) is 9.59 Å². The van der Waals surface area contributed by atoms with Gasteiger partial charge in [-0.15, -0.1) is 0 Å². The summed E-state index contributed by atoms with van der Waals surface area (Å²) in [5.74, 6) is -0.860. The molecule has 0 saturated heterocycles. The molecule has 2 rings (SSSR count). The van der Waals surface area contributed by atoms with Gasteiger partial charge in [0.05, 0.1) is 23.4 Å². The number of rotatable bonds is 5. The molecule has 0 fully saturated rings. The zero-order valence-corrected chi connectivity index (χ0v) is 12.1. The lowest BCUT2D eigenvalue weighted by Crippen LogP contribution is -2.04. The maximum atomic E-state index is 11.7. The fourth-order valence-electron chi connectivity index (χ4n) is 1.68.